The molecule has 1 unspecified atom stereocenters. The Morgan fingerprint density at radius 3 is 3.00 bits per heavy atom. The Balaban J connectivity index is 1.25. The van der Waals surface area contributed by atoms with Gasteiger partial charge in [-0.05, 0) is 69.3 Å². The number of hydrogen-bond donors (Lipinski definition) is 1. The lowest BCUT2D eigenvalue weighted by Gasteiger charge is -2.33. The quantitative estimate of drug-likeness (QED) is 0.469. The maximum Gasteiger partial charge on any atom is 0.287 e. The van der Waals surface area contributed by atoms with E-state index in [0.717, 1.165) is 59.0 Å². The van der Waals surface area contributed by atoms with Crippen molar-refractivity contribution in [3.8, 4) is 11.3 Å². The fraction of sp³-hybridized carbons (Fsp3) is 0.481. The van der Waals surface area contributed by atoms with Crippen molar-refractivity contribution in [3.05, 3.63) is 63.7 Å². The third-order valence-corrected chi connectivity index (χ3v) is 7.44. The fourth-order valence-corrected chi connectivity index (χ4v) is 5.55. The van der Waals surface area contributed by atoms with E-state index in [1.165, 1.54) is 31.4 Å². The van der Waals surface area contributed by atoms with Crippen LogP contribution in [-0.4, -0.2) is 46.3 Å². The Bertz CT molecular complexity index is 1180. The van der Waals surface area contributed by atoms with Gasteiger partial charge in [-0.3, -0.25) is 9.48 Å². The smallest absolute Gasteiger partial charge is 0.287 e. The van der Waals surface area contributed by atoms with Gasteiger partial charge in [-0.15, -0.1) is 0 Å². The Morgan fingerprint density at radius 2 is 2.18 bits per heavy atom. The normalized spacial score (nSPS) is 17.9. The van der Waals surface area contributed by atoms with Gasteiger partial charge in [0.05, 0.1) is 12.2 Å². The van der Waals surface area contributed by atoms with Gasteiger partial charge in [0.25, 0.3) is 5.91 Å². The summed E-state index contributed by atoms with van der Waals surface area (Å²) in [4.78, 5) is 15.5. The second kappa shape index (κ2) is 9.96. The summed E-state index contributed by atoms with van der Waals surface area (Å²) in [5, 5.41) is 8.66. The van der Waals surface area contributed by atoms with E-state index >= 15 is 0 Å². The number of nitrogens with one attached hydrogen (secondary N) is 1. The van der Waals surface area contributed by atoms with E-state index in [1.54, 1.807) is 0 Å². The minimum absolute atomic E-state index is 0.126. The van der Waals surface area contributed by atoms with Crippen LogP contribution in [0.5, 0.6) is 0 Å². The molecule has 2 aromatic heterocycles. The molecule has 1 fully saturated rings. The van der Waals surface area contributed by atoms with Crippen LogP contribution in [0.2, 0.25) is 5.02 Å². The molecule has 5 rings (SSSR count). The number of nitrogens with zero attached hydrogens (tertiary/aromatic N) is 3. The molecule has 0 bridgehead atoms. The number of carbonyl (C=O) groups is 1. The van der Waals surface area contributed by atoms with E-state index in [2.05, 4.69) is 29.4 Å². The molecular formula is C27H33ClN4O2. The molecule has 2 aliphatic rings. The molecule has 3 aromatic rings. The molecule has 1 aromatic carbocycles. The summed E-state index contributed by atoms with van der Waals surface area (Å²) in [5.74, 6) is 1.16. The number of amides is 1. The Labute approximate surface area is 206 Å². The minimum Gasteiger partial charge on any atom is -0.455 e. The van der Waals surface area contributed by atoms with E-state index in [9.17, 15) is 4.79 Å². The predicted molar refractivity (Wildman–Crippen MR) is 134 cm³/mol. The fourth-order valence-electron chi connectivity index (χ4n) is 5.34. The van der Waals surface area contributed by atoms with Gasteiger partial charge in [-0.2, -0.15) is 5.10 Å². The van der Waals surface area contributed by atoms with Crippen LogP contribution >= 0.6 is 11.6 Å². The zero-order valence-corrected chi connectivity index (χ0v) is 20.8. The molecule has 1 saturated heterocycles. The van der Waals surface area contributed by atoms with E-state index in [4.69, 9.17) is 21.1 Å². The van der Waals surface area contributed by atoms with Crippen molar-refractivity contribution in [2.45, 2.75) is 65.0 Å². The van der Waals surface area contributed by atoms with Crippen molar-refractivity contribution in [1.82, 2.24) is 20.0 Å². The first-order valence-corrected chi connectivity index (χ1v) is 12.8. The van der Waals surface area contributed by atoms with Gasteiger partial charge < -0.3 is 14.6 Å². The van der Waals surface area contributed by atoms with E-state index in [1.807, 2.05) is 29.8 Å². The van der Waals surface area contributed by atoms with Crippen LogP contribution in [0.1, 0.15) is 65.6 Å². The summed E-state index contributed by atoms with van der Waals surface area (Å²) in [6, 6.07) is 8.50. The first kappa shape index (κ1) is 23.2. The predicted octanol–water partition coefficient (Wildman–Crippen LogP) is 5.25. The highest BCUT2D eigenvalue weighted by Gasteiger charge is 2.29. The number of piperidine rings is 1. The molecule has 1 atom stereocenters. The third-order valence-electron chi connectivity index (χ3n) is 7.20. The van der Waals surface area contributed by atoms with E-state index in [-0.39, 0.29) is 5.91 Å². The number of likely N-dealkylation sites (tertiary alicyclic amines) is 1. The third kappa shape index (κ3) is 4.80. The van der Waals surface area contributed by atoms with Gasteiger partial charge in [0.15, 0.2) is 5.76 Å². The molecule has 180 valence electrons. The number of aryl methyl sites for hydroxylation is 2. The number of rotatable bonds is 7. The molecule has 1 N–H and O–H groups in total. The van der Waals surface area contributed by atoms with Gasteiger partial charge in [-0.1, -0.05) is 30.2 Å². The summed E-state index contributed by atoms with van der Waals surface area (Å²) in [6.07, 6.45) is 8.59. The van der Waals surface area contributed by atoms with Crippen LogP contribution in [0.15, 0.2) is 34.9 Å². The second-order valence-corrected chi connectivity index (χ2v) is 10.1. The maximum atomic E-state index is 12.9. The molecule has 3 heterocycles. The molecule has 1 aliphatic heterocycles. The molecule has 0 saturated carbocycles. The van der Waals surface area contributed by atoms with Crippen molar-refractivity contribution < 1.29 is 9.21 Å². The van der Waals surface area contributed by atoms with Crippen molar-refractivity contribution in [2.75, 3.05) is 19.6 Å². The highest BCUT2D eigenvalue weighted by Crippen LogP contribution is 2.38. The van der Waals surface area contributed by atoms with Crippen LogP contribution in [0, 0.1) is 6.92 Å². The van der Waals surface area contributed by atoms with Crippen LogP contribution in [0.4, 0.5) is 0 Å². The number of aromatic nitrogens is 2. The van der Waals surface area contributed by atoms with Gasteiger partial charge >= 0.3 is 0 Å². The van der Waals surface area contributed by atoms with Gasteiger partial charge in [0.1, 0.15) is 5.76 Å². The number of fused-ring (bicyclic) bond motifs is 3. The highest BCUT2D eigenvalue weighted by molar-refractivity contribution is 6.30. The number of halogens is 1. The van der Waals surface area contributed by atoms with Gasteiger partial charge in [0, 0.05) is 47.9 Å². The average Bonchev–Trinajstić information content (AvgIpc) is 3.38. The SMILES string of the molecule is Cc1c(C(=O)NCCCN2CCCCC2C)oc2c1-c1nn(Cc3cccc(Cl)c3)cc1CC2. The molecule has 1 aliphatic carbocycles. The topological polar surface area (TPSA) is 63.3 Å². The van der Waals surface area contributed by atoms with Gasteiger partial charge in [-0.25, -0.2) is 0 Å². The lowest BCUT2D eigenvalue weighted by molar-refractivity contribution is 0.0918. The van der Waals surface area contributed by atoms with Crippen LogP contribution in [0.3, 0.4) is 0 Å². The number of benzene rings is 1. The molecule has 6 nitrogen and oxygen atoms in total. The van der Waals surface area contributed by atoms with Crippen LogP contribution < -0.4 is 5.32 Å². The lowest BCUT2D eigenvalue weighted by Crippen LogP contribution is -2.39. The van der Waals surface area contributed by atoms with Crippen LogP contribution in [0.25, 0.3) is 11.3 Å². The number of hydrogen-bond acceptors (Lipinski definition) is 4. The first-order valence-electron chi connectivity index (χ1n) is 12.4. The summed E-state index contributed by atoms with van der Waals surface area (Å²) < 4.78 is 8.03. The Kier molecular flexibility index (Phi) is 6.79. The van der Waals surface area contributed by atoms with E-state index < -0.39 is 0 Å². The second-order valence-electron chi connectivity index (χ2n) is 9.68. The summed E-state index contributed by atoms with van der Waals surface area (Å²) in [5.41, 5.74) is 5.10. The molecular weight excluding hydrogens is 448 g/mol. The summed E-state index contributed by atoms with van der Waals surface area (Å²) in [7, 11) is 0. The Hall–Kier alpha value is -2.57. The lowest BCUT2D eigenvalue weighted by atomic mass is 9.93. The van der Waals surface area contributed by atoms with Crippen LogP contribution in [-0.2, 0) is 19.4 Å². The molecule has 7 heteroatoms. The molecule has 0 radical (unpaired) electrons. The average molecular weight is 481 g/mol. The number of furan rings is 1. The summed E-state index contributed by atoms with van der Waals surface area (Å²) >= 11 is 6.14. The zero-order chi connectivity index (χ0) is 23.7. The zero-order valence-electron chi connectivity index (χ0n) is 20.1. The largest absolute Gasteiger partial charge is 0.455 e. The minimum atomic E-state index is -0.126. The molecule has 0 spiro atoms. The summed E-state index contributed by atoms with van der Waals surface area (Å²) in [6.45, 7) is 7.79. The van der Waals surface area contributed by atoms with E-state index in [0.29, 0.717) is 24.9 Å². The number of carbonyl (C=O) groups excluding carboxylic acids is 1. The first-order chi connectivity index (χ1) is 16.5. The monoisotopic (exact) mass is 480 g/mol. The van der Waals surface area contributed by atoms with Crippen molar-refractivity contribution >= 4 is 17.5 Å². The standard InChI is InChI=1S/C27H33ClN4O2/c1-18-7-3-4-13-31(18)14-6-12-29-27(33)26-19(2)24-23(34-26)11-10-21-17-32(30-25(21)24)16-20-8-5-9-22(28)15-20/h5,8-9,15,17-18H,3-4,6-7,10-14,16H2,1-2H3,(H,29,33). The Morgan fingerprint density at radius 1 is 1.29 bits per heavy atom. The maximum absolute atomic E-state index is 12.9. The van der Waals surface area contributed by atoms with Crippen molar-refractivity contribution in [3.63, 3.8) is 0 Å². The van der Waals surface area contributed by atoms with Crippen molar-refractivity contribution in [2.24, 2.45) is 0 Å². The van der Waals surface area contributed by atoms with Gasteiger partial charge in [0.2, 0.25) is 0 Å². The molecule has 34 heavy (non-hydrogen) atoms. The highest BCUT2D eigenvalue weighted by atomic mass is 35.5. The molecule has 1 amide bonds. The van der Waals surface area contributed by atoms with Crippen molar-refractivity contribution in [1.29, 1.82) is 0 Å².